The summed E-state index contributed by atoms with van der Waals surface area (Å²) in [4.78, 5) is 46.1. The summed E-state index contributed by atoms with van der Waals surface area (Å²) < 4.78 is 18.0. The van der Waals surface area contributed by atoms with Gasteiger partial charge in [0.05, 0.1) is 44.0 Å². The van der Waals surface area contributed by atoms with Gasteiger partial charge in [-0.05, 0) is 80.8 Å². The molecule has 0 radical (unpaired) electrons. The number of likely N-dealkylation sites (tertiary alicyclic amines) is 1. The fourth-order valence-corrected chi connectivity index (χ4v) is 9.45. The second-order valence-corrected chi connectivity index (χ2v) is 17.2. The molecule has 3 aliphatic heterocycles. The Morgan fingerprint density at radius 2 is 1.86 bits per heavy atom. The van der Waals surface area contributed by atoms with Crippen LogP contribution in [0.5, 0.6) is 11.5 Å². The van der Waals surface area contributed by atoms with E-state index in [1.807, 2.05) is 29.3 Å². The minimum absolute atomic E-state index is 0.00315. The van der Waals surface area contributed by atoms with Crippen LogP contribution in [0.4, 0.5) is 5.69 Å². The van der Waals surface area contributed by atoms with E-state index >= 15 is 0 Å². The first-order valence-electron chi connectivity index (χ1n) is 20.9. The number of aryl methyl sites for hydroxylation is 1. The average Bonchev–Trinajstić information content (AvgIpc) is 3.67. The van der Waals surface area contributed by atoms with E-state index in [0.29, 0.717) is 76.8 Å². The first kappa shape index (κ1) is 41.2. The number of benzene rings is 2. The lowest BCUT2D eigenvalue weighted by Gasteiger charge is -2.47. The number of ether oxygens (including phenoxy) is 3. The van der Waals surface area contributed by atoms with Gasteiger partial charge in [0, 0.05) is 55.6 Å². The van der Waals surface area contributed by atoms with E-state index < -0.39 is 0 Å². The van der Waals surface area contributed by atoms with Gasteiger partial charge in [-0.25, -0.2) is 0 Å². The quantitative estimate of drug-likeness (QED) is 0.126. The van der Waals surface area contributed by atoms with Crippen LogP contribution in [0.15, 0.2) is 47.8 Å². The van der Waals surface area contributed by atoms with Crippen molar-refractivity contribution in [2.45, 2.75) is 89.3 Å². The maximum atomic E-state index is 13.5. The standard InChI is InChI=1S/C44H59N5O7S/c1-32-26-36(30-57-32)43(53)48-22-25-56-44(31-48)15-19-47(20-16-44)28-34-7-5-6-33(27-34)13-23-54-24-14-40(52)49(37-8-3-2-4-9-37)21-18-45-17-12-35-10-11-38(50)41-42(35)55-29-39(51)46-41/h5-7,10-11,26-27,30,37,45,50H,2-4,8-9,12-25,28-29,31H2,1H3,(H,46,51). The predicted octanol–water partition coefficient (Wildman–Crippen LogP) is 5.54. The summed E-state index contributed by atoms with van der Waals surface area (Å²) in [5.74, 6) is 0.519. The highest BCUT2D eigenvalue weighted by Crippen LogP contribution is 2.39. The molecule has 308 valence electrons. The first-order valence-corrected chi connectivity index (χ1v) is 21.8. The van der Waals surface area contributed by atoms with E-state index in [2.05, 4.69) is 44.7 Å². The fraction of sp³-hybridized carbons (Fsp3) is 0.568. The minimum Gasteiger partial charge on any atom is -0.506 e. The van der Waals surface area contributed by atoms with Crippen LogP contribution in [0.2, 0.25) is 0 Å². The molecule has 3 N–H and O–H groups in total. The third-order valence-corrected chi connectivity index (χ3v) is 12.8. The fourth-order valence-electron chi connectivity index (χ4n) is 8.78. The second-order valence-electron chi connectivity index (χ2n) is 16.1. The lowest BCUT2D eigenvalue weighted by Crippen LogP contribution is -2.57. The third kappa shape index (κ3) is 10.9. The summed E-state index contributed by atoms with van der Waals surface area (Å²) in [6.07, 6.45) is 9.31. The van der Waals surface area contributed by atoms with E-state index in [-0.39, 0.29) is 41.7 Å². The summed E-state index contributed by atoms with van der Waals surface area (Å²) in [5, 5.41) is 18.3. The molecule has 57 heavy (non-hydrogen) atoms. The molecule has 7 rings (SSSR count). The number of anilines is 1. The molecule has 13 heteroatoms. The Hall–Kier alpha value is -4.01. The number of hydrogen-bond donors (Lipinski definition) is 3. The van der Waals surface area contributed by atoms with Crippen molar-refractivity contribution in [2.24, 2.45) is 0 Å². The Labute approximate surface area is 340 Å². The molecule has 1 spiro atoms. The van der Waals surface area contributed by atoms with E-state index in [9.17, 15) is 19.5 Å². The van der Waals surface area contributed by atoms with Crippen LogP contribution in [0, 0.1) is 6.92 Å². The number of phenols is 1. The van der Waals surface area contributed by atoms with Crippen molar-refractivity contribution < 1.29 is 33.7 Å². The van der Waals surface area contributed by atoms with Crippen molar-refractivity contribution in [2.75, 3.05) is 77.6 Å². The van der Waals surface area contributed by atoms with Gasteiger partial charge < -0.3 is 39.8 Å². The molecule has 0 atom stereocenters. The molecular formula is C44H59N5O7S. The molecule has 3 fully saturated rings. The van der Waals surface area contributed by atoms with Crippen molar-refractivity contribution >= 4 is 34.7 Å². The van der Waals surface area contributed by atoms with E-state index in [1.165, 1.54) is 17.5 Å². The normalized spacial score (nSPS) is 18.5. The molecule has 0 unspecified atom stereocenters. The number of nitrogens with zero attached hydrogens (tertiary/aromatic N) is 3. The molecular weight excluding hydrogens is 743 g/mol. The largest absolute Gasteiger partial charge is 0.506 e. The molecule has 4 aliphatic rings. The summed E-state index contributed by atoms with van der Waals surface area (Å²) in [6.45, 7) is 9.63. The number of carbonyl (C=O) groups excluding carboxylic acids is 3. The topological polar surface area (TPSA) is 133 Å². The van der Waals surface area contributed by atoms with Crippen molar-refractivity contribution in [1.29, 1.82) is 0 Å². The maximum absolute atomic E-state index is 13.5. The molecule has 0 bridgehead atoms. The molecule has 1 aliphatic carbocycles. The summed E-state index contributed by atoms with van der Waals surface area (Å²) in [6, 6.07) is 14.4. The van der Waals surface area contributed by atoms with Crippen molar-refractivity contribution in [3.05, 3.63) is 75.0 Å². The zero-order valence-corrected chi connectivity index (χ0v) is 34.2. The van der Waals surface area contributed by atoms with Crippen molar-refractivity contribution in [1.82, 2.24) is 20.0 Å². The molecule has 4 heterocycles. The number of hydrogen-bond acceptors (Lipinski definition) is 10. The van der Waals surface area contributed by atoms with Crippen LogP contribution in [-0.4, -0.2) is 121 Å². The number of fused-ring (bicyclic) bond motifs is 1. The van der Waals surface area contributed by atoms with Gasteiger partial charge in [-0.2, -0.15) is 0 Å². The number of aromatic hydroxyl groups is 1. The summed E-state index contributed by atoms with van der Waals surface area (Å²) in [7, 11) is 0. The lowest BCUT2D eigenvalue weighted by atomic mass is 9.89. The SMILES string of the molecule is Cc1cc(C(=O)N2CCOC3(CCN(Cc4cccc(CCOCCC(=O)N(CCNCCc5ccc(O)c6c5OCC(=O)N6)C5CCCCC5)c4)CC3)C2)cs1. The molecule has 2 aromatic carbocycles. The van der Waals surface area contributed by atoms with Gasteiger partial charge in [0.15, 0.2) is 12.4 Å². The van der Waals surface area contributed by atoms with Gasteiger partial charge in [0.2, 0.25) is 5.91 Å². The van der Waals surface area contributed by atoms with E-state index in [1.54, 1.807) is 17.4 Å². The smallest absolute Gasteiger partial charge is 0.262 e. The maximum Gasteiger partial charge on any atom is 0.262 e. The van der Waals surface area contributed by atoms with Crippen LogP contribution in [-0.2, 0) is 38.4 Å². The monoisotopic (exact) mass is 801 g/mol. The van der Waals surface area contributed by atoms with Crippen molar-refractivity contribution in [3.63, 3.8) is 0 Å². The Balaban J connectivity index is 0.811. The minimum atomic E-state index is -0.279. The zero-order valence-electron chi connectivity index (χ0n) is 33.4. The first-order chi connectivity index (χ1) is 27.7. The van der Waals surface area contributed by atoms with Gasteiger partial charge in [-0.1, -0.05) is 49.6 Å². The van der Waals surface area contributed by atoms with Crippen LogP contribution in [0.25, 0.3) is 0 Å². The van der Waals surface area contributed by atoms with Crippen LogP contribution in [0.1, 0.15) is 83.3 Å². The third-order valence-electron chi connectivity index (χ3n) is 11.9. The predicted molar refractivity (Wildman–Crippen MR) is 221 cm³/mol. The molecule has 3 amide bonds. The van der Waals surface area contributed by atoms with Crippen LogP contribution >= 0.6 is 11.3 Å². The van der Waals surface area contributed by atoms with Gasteiger partial charge in [-0.3, -0.25) is 19.3 Å². The van der Waals surface area contributed by atoms with E-state index in [0.717, 1.165) is 80.6 Å². The lowest BCUT2D eigenvalue weighted by molar-refractivity contribution is -0.135. The van der Waals surface area contributed by atoms with Crippen molar-refractivity contribution in [3.8, 4) is 11.5 Å². The number of amides is 3. The molecule has 2 saturated heterocycles. The Morgan fingerprint density at radius 3 is 2.67 bits per heavy atom. The average molecular weight is 802 g/mol. The Kier molecular flexibility index (Phi) is 14.2. The number of carbonyl (C=O) groups is 3. The van der Waals surface area contributed by atoms with Gasteiger partial charge in [0.1, 0.15) is 11.4 Å². The molecule has 1 aromatic heterocycles. The molecule has 1 saturated carbocycles. The molecule has 3 aromatic rings. The zero-order chi connectivity index (χ0) is 39.6. The summed E-state index contributed by atoms with van der Waals surface area (Å²) in [5.41, 5.74) is 4.31. The Bertz CT molecular complexity index is 1840. The number of phenolic OH excluding ortho intramolecular Hbond substituents is 1. The summed E-state index contributed by atoms with van der Waals surface area (Å²) >= 11 is 1.62. The van der Waals surface area contributed by atoms with E-state index in [4.69, 9.17) is 14.2 Å². The van der Waals surface area contributed by atoms with Gasteiger partial charge >= 0.3 is 0 Å². The van der Waals surface area contributed by atoms with Crippen LogP contribution < -0.4 is 15.4 Å². The van der Waals surface area contributed by atoms with Crippen LogP contribution in [0.3, 0.4) is 0 Å². The number of thiophene rings is 1. The van der Waals surface area contributed by atoms with Gasteiger partial charge in [0.25, 0.3) is 11.8 Å². The highest BCUT2D eigenvalue weighted by molar-refractivity contribution is 7.10. The number of piperidine rings is 1. The number of nitrogens with one attached hydrogen (secondary N) is 2. The highest BCUT2D eigenvalue weighted by Gasteiger charge is 2.41. The number of rotatable bonds is 16. The highest BCUT2D eigenvalue weighted by atomic mass is 32.1. The Morgan fingerprint density at radius 1 is 1.04 bits per heavy atom. The molecule has 12 nitrogen and oxygen atoms in total. The van der Waals surface area contributed by atoms with Gasteiger partial charge in [-0.15, -0.1) is 11.3 Å². The second kappa shape index (κ2) is 19.6. The number of morpholine rings is 1.